The summed E-state index contributed by atoms with van der Waals surface area (Å²) in [6.45, 7) is 6.14. The van der Waals surface area contributed by atoms with Gasteiger partial charge < -0.3 is 9.94 Å². The predicted octanol–water partition coefficient (Wildman–Crippen LogP) is 1.33. The van der Waals surface area contributed by atoms with Crippen LogP contribution in [0.2, 0.25) is 0 Å². The van der Waals surface area contributed by atoms with Crippen LogP contribution in [0.4, 0.5) is 0 Å². The fourth-order valence-corrected chi connectivity index (χ4v) is 0.881. The van der Waals surface area contributed by atoms with Gasteiger partial charge in [-0.3, -0.25) is 4.79 Å². The number of hydrogen-bond acceptors (Lipinski definition) is 4. The Labute approximate surface area is 79.2 Å². The summed E-state index contributed by atoms with van der Waals surface area (Å²) in [5.41, 5.74) is 1.95. The number of nitrogens with one attached hydrogen (secondary N) is 1. The van der Waals surface area contributed by atoms with Gasteiger partial charge in [-0.15, -0.1) is 0 Å². The number of unbranched alkanes of at least 4 members (excludes halogenated alkanes) is 1. The number of ether oxygens (including phenoxy) is 1. The van der Waals surface area contributed by atoms with Gasteiger partial charge in [0.05, 0.1) is 6.61 Å². The highest BCUT2D eigenvalue weighted by atomic mass is 16.5. The molecule has 1 atom stereocenters. The molecule has 0 aromatic heterocycles. The van der Waals surface area contributed by atoms with E-state index in [9.17, 15) is 4.79 Å². The van der Waals surface area contributed by atoms with E-state index in [2.05, 4.69) is 0 Å². The molecule has 0 saturated heterocycles. The number of rotatable bonds is 6. The smallest absolute Gasteiger partial charge is 0.325 e. The van der Waals surface area contributed by atoms with Crippen molar-refractivity contribution < 1.29 is 14.7 Å². The molecule has 0 amide bonds. The predicted molar refractivity (Wildman–Crippen MR) is 49.4 cm³/mol. The normalized spacial score (nSPS) is 13.0. The van der Waals surface area contributed by atoms with Crippen molar-refractivity contribution in [1.29, 1.82) is 0 Å². The van der Waals surface area contributed by atoms with Gasteiger partial charge in [0.15, 0.2) is 0 Å². The van der Waals surface area contributed by atoms with E-state index in [1.807, 2.05) is 26.3 Å². The van der Waals surface area contributed by atoms with E-state index in [0.717, 1.165) is 12.8 Å². The van der Waals surface area contributed by atoms with Gasteiger partial charge in [-0.1, -0.05) is 27.2 Å². The second-order valence-corrected chi connectivity index (χ2v) is 3.37. The highest BCUT2D eigenvalue weighted by molar-refractivity contribution is 5.75. The van der Waals surface area contributed by atoms with Gasteiger partial charge >= 0.3 is 5.97 Å². The Kier molecular flexibility index (Phi) is 6.54. The van der Waals surface area contributed by atoms with Gasteiger partial charge in [0.25, 0.3) is 0 Å². The molecule has 4 nitrogen and oxygen atoms in total. The molecular weight excluding hydrogens is 170 g/mol. The maximum Gasteiger partial charge on any atom is 0.325 e. The molecule has 0 bridgehead atoms. The first kappa shape index (κ1) is 12.4. The summed E-state index contributed by atoms with van der Waals surface area (Å²) in [5.74, 6) is -0.356. The van der Waals surface area contributed by atoms with E-state index < -0.39 is 6.04 Å². The molecule has 0 fully saturated rings. The molecule has 0 saturated carbocycles. The fourth-order valence-electron chi connectivity index (χ4n) is 0.881. The van der Waals surface area contributed by atoms with Crippen LogP contribution in [0.3, 0.4) is 0 Å². The average molecular weight is 189 g/mol. The number of carbonyl (C=O) groups is 1. The molecule has 0 aromatic carbocycles. The van der Waals surface area contributed by atoms with Crippen LogP contribution in [0.25, 0.3) is 0 Å². The van der Waals surface area contributed by atoms with Crippen molar-refractivity contribution in [2.45, 2.75) is 39.7 Å². The van der Waals surface area contributed by atoms with E-state index in [0.29, 0.717) is 6.61 Å². The minimum atomic E-state index is -0.614. The second kappa shape index (κ2) is 6.86. The lowest BCUT2D eigenvalue weighted by molar-refractivity contribution is -0.150. The molecule has 0 heterocycles. The molecule has 0 spiro atoms. The van der Waals surface area contributed by atoms with Crippen LogP contribution in [0.5, 0.6) is 0 Å². The van der Waals surface area contributed by atoms with Crippen LogP contribution in [-0.2, 0) is 9.53 Å². The first-order chi connectivity index (χ1) is 6.13. The molecule has 0 aliphatic rings. The Balaban J connectivity index is 3.78. The van der Waals surface area contributed by atoms with Crippen LogP contribution < -0.4 is 5.48 Å². The van der Waals surface area contributed by atoms with Crippen LogP contribution in [0.15, 0.2) is 0 Å². The summed E-state index contributed by atoms with van der Waals surface area (Å²) >= 11 is 0. The van der Waals surface area contributed by atoms with Gasteiger partial charge in [-0.05, 0) is 12.3 Å². The summed E-state index contributed by atoms with van der Waals surface area (Å²) in [7, 11) is 0. The van der Waals surface area contributed by atoms with Gasteiger partial charge in [0.1, 0.15) is 6.04 Å². The van der Waals surface area contributed by atoms with E-state index >= 15 is 0 Å². The van der Waals surface area contributed by atoms with Gasteiger partial charge in [-0.25, -0.2) is 0 Å². The quantitative estimate of drug-likeness (QED) is 0.376. The third-order valence-electron chi connectivity index (χ3n) is 1.80. The van der Waals surface area contributed by atoms with Gasteiger partial charge in [0.2, 0.25) is 0 Å². The topological polar surface area (TPSA) is 58.6 Å². The summed E-state index contributed by atoms with van der Waals surface area (Å²) in [6, 6.07) is -0.614. The lowest BCUT2D eigenvalue weighted by atomic mass is 10.1. The zero-order valence-electron chi connectivity index (χ0n) is 8.54. The number of hydroxylamine groups is 1. The van der Waals surface area contributed by atoms with Crippen molar-refractivity contribution in [1.82, 2.24) is 5.48 Å². The van der Waals surface area contributed by atoms with Gasteiger partial charge in [0, 0.05) is 0 Å². The number of esters is 1. The maximum atomic E-state index is 11.2. The summed E-state index contributed by atoms with van der Waals surface area (Å²) < 4.78 is 4.94. The monoisotopic (exact) mass is 189 g/mol. The molecular formula is C9H19NO3. The van der Waals surface area contributed by atoms with Crippen LogP contribution in [-0.4, -0.2) is 23.8 Å². The molecule has 0 unspecified atom stereocenters. The SMILES string of the molecule is CCCCOC(=O)[C@@H](NO)C(C)C. The molecule has 2 N–H and O–H groups in total. The van der Waals surface area contributed by atoms with Crippen molar-refractivity contribution in [3.63, 3.8) is 0 Å². The van der Waals surface area contributed by atoms with E-state index in [1.54, 1.807) is 0 Å². The van der Waals surface area contributed by atoms with Crippen molar-refractivity contribution in [3.05, 3.63) is 0 Å². The molecule has 4 heteroatoms. The van der Waals surface area contributed by atoms with Crippen LogP contribution in [0, 0.1) is 5.92 Å². The van der Waals surface area contributed by atoms with Crippen molar-refractivity contribution in [2.75, 3.05) is 6.61 Å². The highest BCUT2D eigenvalue weighted by Gasteiger charge is 2.22. The van der Waals surface area contributed by atoms with Crippen molar-refractivity contribution in [2.24, 2.45) is 5.92 Å². The Hall–Kier alpha value is -0.610. The Morgan fingerprint density at radius 3 is 2.54 bits per heavy atom. The maximum absolute atomic E-state index is 11.2. The summed E-state index contributed by atoms with van der Waals surface area (Å²) in [5, 5.41) is 8.67. The van der Waals surface area contributed by atoms with Crippen molar-refractivity contribution in [3.8, 4) is 0 Å². The minimum Gasteiger partial charge on any atom is -0.464 e. The molecule has 0 rings (SSSR count). The molecule has 0 aliphatic heterocycles. The Bertz CT molecular complexity index is 148. The zero-order valence-corrected chi connectivity index (χ0v) is 8.54. The lowest BCUT2D eigenvalue weighted by Gasteiger charge is -2.17. The highest BCUT2D eigenvalue weighted by Crippen LogP contribution is 2.03. The third-order valence-corrected chi connectivity index (χ3v) is 1.80. The first-order valence-electron chi connectivity index (χ1n) is 4.69. The first-order valence-corrected chi connectivity index (χ1v) is 4.69. The van der Waals surface area contributed by atoms with Crippen LogP contribution >= 0.6 is 0 Å². The van der Waals surface area contributed by atoms with E-state index in [-0.39, 0.29) is 11.9 Å². The van der Waals surface area contributed by atoms with Crippen LogP contribution in [0.1, 0.15) is 33.6 Å². The second-order valence-electron chi connectivity index (χ2n) is 3.37. The van der Waals surface area contributed by atoms with E-state index in [1.165, 1.54) is 0 Å². The summed E-state index contributed by atoms with van der Waals surface area (Å²) in [6.07, 6.45) is 1.86. The molecule has 0 aromatic rings. The number of carbonyl (C=O) groups excluding carboxylic acids is 1. The minimum absolute atomic E-state index is 0.0270. The standard InChI is InChI=1S/C9H19NO3/c1-4-5-6-13-9(11)8(10-12)7(2)3/h7-8,10,12H,4-6H2,1-3H3/t8-/m0/s1. The fraction of sp³-hybridized carbons (Fsp3) is 0.889. The Morgan fingerprint density at radius 1 is 1.54 bits per heavy atom. The Morgan fingerprint density at radius 2 is 2.15 bits per heavy atom. The lowest BCUT2D eigenvalue weighted by Crippen LogP contribution is -2.40. The van der Waals surface area contributed by atoms with E-state index in [4.69, 9.17) is 9.94 Å². The molecule has 78 valence electrons. The summed E-state index contributed by atoms with van der Waals surface area (Å²) in [4.78, 5) is 11.2. The third kappa shape index (κ3) is 4.85. The largest absolute Gasteiger partial charge is 0.464 e. The van der Waals surface area contributed by atoms with Crippen molar-refractivity contribution >= 4 is 5.97 Å². The molecule has 13 heavy (non-hydrogen) atoms. The molecule has 0 aliphatic carbocycles. The average Bonchev–Trinajstić information content (AvgIpc) is 2.05. The molecule has 0 radical (unpaired) electrons. The number of hydrogen-bond donors (Lipinski definition) is 2. The van der Waals surface area contributed by atoms with Gasteiger partial charge in [-0.2, -0.15) is 5.48 Å². The zero-order chi connectivity index (χ0) is 10.3.